The third-order valence-electron chi connectivity index (χ3n) is 1.13. The minimum Gasteiger partial charge on any atom is -0.369 e. The monoisotopic (exact) mass is 142 g/mol. The highest BCUT2D eigenvalue weighted by atomic mass is 16.5. The van der Waals surface area contributed by atoms with E-state index in [0.29, 0.717) is 6.61 Å². The Labute approximate surface area is 61.9 Å². The number of rotatable bonds is 4. The molecule has 0 aliphatic rings. The zero-order chi connectivity index (χ0) is 7.98. The third kappa shape index (κ3) is 5.51. The van der Waals surface area contributed by atoms with Gasteiger partial charge in [-0.3, -0.25) is 4.79 Å². The van der Waals surface area contributed by atoms with Crippen molar-refractivity contribution in [2.75, 3.05) is 13.2 Å². The molecule has 0 aliphatic heterocycles. The Balaban J connectivity index is 3.29. The Morgan fingerprint density at radius 1 is 1.40 bits per heavy atom. The first-order chi connectivity index (χ1) is 4.66. The van der Waals surface area contributed by atoms with E-state index in [4.69, 9.17) is 4.74 Å². The van der Waals surface area contributed by atoms with E-state index < -0.39 is 0 Å². The largest absolute Gasteiger partial charge is 0.369 e. The van der Waals surface area contributed by atoms with Crippen LogP contribution in [-0.2, 0) is 9.53 Å². The van der Waals surface area contributed by atoms with Gasteiger partial charge in [0.15, 0.2) is 5.78 Å². The molecular weight excluding hydrogens is 128 g/mol. The summed E-state index contributed by atoms with van der Waals surface area (Å²) < 4.78 is 5.03. The summed E-state index contributed by atoms with van der Waals surface area (Å²) >= 11 is 0. The number of hydrogen-bond acceptors (Lipinski definition) is 2. The van der Waals surface area contributed by atoms with E-state index >= 15 is 0 Å². The van der Waals surface area contributed by atoms with E-state index in [0.717, 1.165) is 5.57 Å². The lowest BCUT2D eigenvalue weighted by molar-refractivity contribution is -0.121. The maximum absolute atomic E-state index is 10.4. The lowest BCUT2D eigenvalue weighted by atomic mass is 10.3. The van der Waals surface area contributed by atoms with Crippen molar-refractivity contribution in [3.63, 3.8) is 0 Å². The zero-order valence-corrected chi connectivity index (χ0v) is 6.81. The Morgan fingerprint density at radius 3 is 2.40 bits per heavy atom. The molecule has 0 N–H and O–H groups in total. The lowest BCUT2D eigenvalue weighted by Crippen LogP contribution is -2.05. The topological polar surface area (TPSA) is 26.3 Å². The van der Waals surface area contributed by atoms with Crippen molar-refractivity contribution < 1.29 is 9.53 Å². The van der Waals surface area contributed by atoms with E-state index in [2.05, 4.69) is 0 Å². The second kappa shape index (κ2) is 5.18. The molecule has 0 heterocycles. The maximum Gasteiger partial charge on any atom is 0.155 e. The average molecular weight is 142 g/mol. The van der Waals surface area contributed by atoms with Gasteiger partial charge in [-0.15, -0.1) is 0 Å². The molecule has 0 saturated heterocycles. The van der Waals surface area contributed by atoms with Gasteiger partial charge in [0.1, 0.15) is 6.61 Å². The van der Waals surface area contributed by atoms with E-state index in [9.17, 15) is 4.79 Å². The molecule has 0 unspecified atom stereocenters. The third-order valence-corrected chi connectivity index (χ3v) is 1.13. The second-order valence-electron chi connectivity index (χ2n) is 2.33. The summed E-state index contributed by atoms with van der Waals surface area (Å²) in [7, 11) is 0. The molecule has 0 spiro atoms. The molecule has 0 bridgehead atoms. The minimum atomic E-state index is 0.0731. The summed E-state index contributed by atoms with van der Waals surface area (Å²) in [6.07, 6.45) is 1.97. The zero-order valence-electron chi connectivity index (χ0n) is 6.81. The van der Waals surface area contributed by atoms with Crippen LogP contribution in [0.25, 0.3) is 0 Å². The molecule has 0 aromatic carbocycles. The fourth-order valence-corrected chi connectivity index (χ4v) is 0.439. The van der Waals surface area contributed by atoms with Gasteiger partial charge in [0, 0.05) is 0 Å². The summed E-state index contributed by atoms with van der Waals surface area (Å²) in [6.45, 7) is 6.23. The van der Waals surface area contributed by atoms with Crippen LogP contribution < -0.4 is 0 Å². The van der Waals surface area contributed by atoms with Gasteiger partial charge in [-0.25, -0.2) is 0 Å². The number of hydrogen-bond donors (Lipinski definition) is 0. The van der Waals surface area contributed by atoms with E-state index in [1.807, 2.05) is 19.9 Å². The molecule has 0 atom stereocenters. The van der Waals surface area contributed by atoms with Crippen LogP contribution in [-0.4, -0.2) is 19.0 Å². The molecular formula is C8H14O2. The Morgan fingerprint density at radius 2 is 2.00 bits per heavy atom. The average Bonchev–Trinajstić information content (AvgIpc) is 1.87. The SMILES string of the molecule is CC=C(C)COCC(C)=O. The van der Waals surface area contributed by atoms with Gasteiger partial charge >= 0.3 is 0 Å². The van der Waals surface area contributed by atoms with Gasteiger partial charge in [0.25, 0.3) is 0 Å². The number of allylic oxidation sites excluding steroid dienone is 1. The summed E-state index contributed by atoms with van der Waals surface area (Å²) in [5, 5.41) is 0. The minimum absolute atomic E-state index is 0.0731. The quantitative estimate of drug-likeness (QED) is 0.557. The highest BCUT2D eigenvalue weighted by Gasteiger charge is 1.92. The Bertz CT molecular complexity index is 136. The Hall–Kier alpha value is -0.630. The van der Waals surface area contributed by atoms with E-state index in [1.54, 1.807) is 0 Å². The molecule has 0 aromatic rings. The molecule has 0 saturated carbocycles. The van der Waals surface area contributed by atoms with Crippen LogP contribution in [0.15, 0.2) is 11.6 Å². The predicted octanol–water partition coefficient (Wildman–Crippen LogP) is 1.56. The molecule has 0 rings (SSSR count). The van der Waals surface area contributed by atoms with Crippen molar-refractivity contribution in [3.05, 3.63) is 11.6 Å². The van der Waals surface area contributed by atoms with Gasteiger partial charge in [-0.05, 0) is 20.8 Å². The molecule has 0 radical (unpaired) electrons. The van der Waals surface area contributed by atoms with Crippen LogP contribution in [0, 0.1) is 0 Å². The van der Waals surface area contributed by atoms with Crippen molar-refractivity contribution in [2.45, 2.75) is 20.8 Å². The van der Waals surface area contributed by atoms with Crippen LogP contribution in [0.1, 0.15) is 20.8 Å². The van der Waals surface area contributed by atoms with Gasteiger partial charge in [-0.2, -0.15) is 0 Å². The first-order valence-electron chi connectivity index (χ1n) is 3.35. The van der Waals surface area contributed by atoms with Crippen molar-refractivity contribution >= 4 is 5.78 Å². The maximum atomic E-state index is 10.4. The summed E-state index contributed by atoms with van der Waals surface area (Å²) in [4.78, 5) is 10.4. The number of Topliss-reactive ketones (excluding diaryl/α,β-unsaturated/α-hetero) is 1. The molecule has 2 nitrogen and oxygen atoms in total. The number of carbonyl (C=O) groups excluding carboxylic acids is 1. The second-order valence-corrected chi connectivity index (χ2v) is 2.33. The summed E-state index contributed by atoms with van der Waals surface area (Å²) in [5.74, 6) is 0.0731. The standard InChI is InChI=1S/C8H14O2/c1-4-7(2)5-10-6-8(3)9/h4H,5-6H2,1-3H3. The fraction of sp³-hybridized carbons (Fsp3) is 0.625. The van der Waals surface area contributed by atoms with E-state index in [1.165, 1.54) is 6.92 Å². The molecule has 0 fully saturated rings. The number of ether oxygens (including phenoxy) is 1. The molecule has 0 amide bonds. The highest BCUT2D eigenvalue weighted by molar-refractivity contribution is 5.76. The smallest absolute Gasteiger partial charge is 0.155 e. The molecule has 0 aliphatic carbocycles. The first kappa shape index (κ1) is 9.37. The molecule has 58 valence electrons. The lowest BCUT2D eigenvalue weighted by Gasteiger charge is -1.99. The first-order valence-corrected chi connectivity index (χ1v) is 3.35. The summed E-state index contributed by atoms with van der Waals surface area (Å²) in [5.41, 5.74) is 1.15. The Kier molecular flexibility index (Phi) is 4.85. The fourth-order valence-electron chi connectivity index (χ4n) is 0.439. The van der Waals surface area contributed by atoms with Crippen molar-refractivity contribution in [2.24, 2.45) is 0 Å². The normalized spacial score (nSPS) is 11.7. The van der Waals surface area contributed by atoms with Gasteiger partial charge in [-0.1, -0.05) is 11.6 Å². The molecule has 0 aromatic heterocycles. The molecule has 10 heavy (non-hydrogen) atoms. The van der Waals surface area contributed by atoms with Crippen molar-refractivity contribution in [1.29, 1.82) is 0 Å². The van der Waals surface area contributed by atoms with Gasteiger partial charge in [0.05, 0.1) is 6.61 Å². The van der Waals surface area contributed by atoms with Crippen molar-refractivity contribution in [3.8, 4) is 0 Å². The number of ketones is 1. The van der Waals surface area contributed by atoms with E-state index in [-0.39, 0.29) is 12.4 Å². The van der Waals surface area contributed by atoms with Gasteiger partial charge < -0.3 is 4.74 Å². The van der Waals surface area contributed by atoms with Crippen LogP contribution in [0.4, 0.5) is 0 Å². The number of carbonyl (C=O) groups is 1. The summed E-state index contributed by atoms with van der Waals surface area (Å²) in [6, 6.07) is 0. The predicted molar refractivity (Wildman–Crippen MR) is 40.9 cm³/mol. The van der Waals surface area contributed by atoms with Crippen LogP contribution in [0.2, 0.25) is 0 Å². The van der Waals surface area contributed by atoms with Crippen LogP contribution in [0.3, 0.4) is 0 Å². The highest BCUT2D eigenvalue weighted by Crippen LogP contribution is 1.91. The molecule has 2 heteroatoms. The van der Waals surface area contributed by atoms with Crippen LogP contribution >= 0.6 is 0 Å². The van der Waals surface area contributed by atoms with Gasteiger partial charge in [0.2, 0.25) is 0 Å². The van der Waals surface area contributed by atoms with Crippen molar-refractivity contribution in [1.82, 2.24) is 0 Å². The van der Waals surface area contributed by atoms with Crippen LogP contribution in [0.5, 0.6) is 0 Å².